The van der Waals surface area contributed by atoms with Crippen LogP contribution in [-0.4, -0.2) is 37.0 Å². The van der Waals surface area contributed by atoms with Gasteiger partial charge in [-0.2, -0.15) is 5.10 Å². The van der Waals surface area contributed by atoms with Crippen molar-refractivity contribution in [3.05, 3.63) is 68.0 Å². The van der Waals surface area contributed by atoms with Crippen molar-refractivity contribution in [1.82, 2.24) is 19.7 Å². The van der Waals surface area contributed by atoms with Gasteiger partial charge in [-0.15, -0.1) is 11.3 Å². The summed E-state index contributed by atoms with van der Waals surface area (Å²) in [5.41, 5.74) is 2.92. The Hall–Kier alpha value is -3.11. The largest absolute Gasteiger partial charge is 0.312 e. The number of aromatic nitrogens is 3. The Morgan fingerprint density at radius 1 is 1.30 bits per heavy atom. The molecule has 3 aromatic rings. The maximum atomic E-state index is 12.5. The van der Waals surface area contributed by atoms with Gasteiger partial charge in [0.15, 0.2) is 5.13 Å². The van der Waals surface area contributed by atoms with Gasteiger partial charge in [0.05, 0.1) is 10.6 Å². The first kappa shape index (κ1) is 20.2. The molecule has 2 aromatic heterocycles. The van der Waals surface area contributed by atoms with Crippen LogP contribution in [-0.2, 0) is 30.8 Å². The minimum absolute atomic E-state index is 0.0500. The van der Waals surface area contributed by atoms with Gasteiger partial charge in [0, 0.05) is 30.9 Å². The van der Waals surface area contributed by atoms with E-state index in [0.717, 1.165) is 36.6 Å². The van der Waals surface area contributed by atoms with Crippen molar-refractivity contribution < 1.29 is 9.72 Å². The molecule has 156 valence electrons. The Bertz CT molecular complexity index is 1090. The van der Waals surface area contributed by atoms with E-state index in [1.165, 1.54) is 21.6 Å². The minimum Gasteiger partial charge on any atom is -0.300 e. The number of benzene rings is 1. The Morgan fingerprint density at radius 3 is 2.77 bits per heavy atom. The van der Waals surface area contributed by atoms with Crippen molar-refractivity contribution in [3.63, 3.8) is 0 Å². The highest BCUT2D eigenvalue weighted by atomic mass is 32.1. The molecular formula is C20H22N6O3S. The highest BCUT2D eigenvalue weighted by molar-refractivity contribution is 7.15. The van der Waals surface area contributed by atoms with E-state index < -0.39 is 4.92 Å². The van der Waals surface area contributed by atoms with Gasteiger partial charge < -0.3 is 5.32 Å². The zero-order valence-electron chi connectivity index (χ0n) is 16.8. The van der Waals surface area contributed by atoms with E-state index in [0.29, 0.717) is 16.5 Å². The van der Waals surface area contributed by atoms with Crippen LogP contribution in [0.3, 0.4) is 0 Å². The second kappa shape index (κ2) is 8.33. The maximum absolute atomic E-state index is 12.5. The first-order chi connectivity index (χ1) is 14.4. The van der Waals surface area contributed by atoms with Crippen LogP contribution in [0.25, 0.3) is 0 Å². The van der Waals surface area contributed by atoms with Gasteiger partial charge in [0.1, 0.15) is 17.9 Å². The molecule has 0 aliphatic carbocycles. The standard InChI is InChI=1S/C20H22N6O3S/c1-13-19(26(28)29)14(2)25(23-13)12-18(27)22-20-21-16-8-9-24(11-17(16)30-20)10-15-6-4-3-5-7-15/h3-7H,8-12H2,1-2H3,(H,21,22,27). The van der Waals surface area contributed by atoms with Crippen molar-refractivity contribution in [2.75, 3.05) is 11.9 Å². The molecule has 1 N–H and O–H groups in total. The predicted octanol–water partition coefficient (Wildman–Crippen LogP) is 3.06. The molecule has 0 saturated carbocycles. The molecule has 0 unspecified atom stereocenters. The van der Waals surface area contributed by atoms with Gasteiger partial charge in [0.25, 0.3) is 0 Å². The van der Waals surface area contributed by atoms with Crippen molar-refractivity contribution in [2.24, 2.45) is 0 Å². The first-order valence-corrected chi connectivity index (χ1v) is 10.5. The Labute approximate surface area is 177 Å². The number of nitrogens with one attached hydrogen (secondary N) is 1. The fourth-order valence-electron chi connectivity index (χ4n) is 3.68. The van der Waals surface area contributed by atoms with Crippen LogP contribution in [0.2, 0.25) is 0 Å². The molecule has 1 aliphatic rings. The van der Waals surface area contributed by atoms with Crippen LogP contribution in [0.4, 0.5) is 10.8 Å². The van der Waals surface area contributed by atoms with Crippen molar-refractivity contribution >= 4 is 28.1 Å². The van der Waals surface area contributed by atoms with Crippen LogP contribution in [0.1, 0.15) is 27.5 Å². The summed E-state index contributed by atoms with van der Waals surface area (Å²) in [6, 6.07) is 10.3. The fourth-order valence-corrected chi connectivity index (χ4v) is 4.75. The third-order valence-corrected chi connectivity index (χ3v) is 6.12. The summed E-state index contributed by atoms with van der Waals surface area (Å²) in [4.78, 5) is 31.2. The number of aryl methyl sites for hydroxylation is 1. The van der Waals surface area contributed by atoms with E-state index in [1.54, 1.807) is 13.8 Å². The number of rotatable bonds is 6. The van der Waals surface area contributed by atoms with E-state index in [9.17, 15) is 14.9 Å². The van der Waals surface area contributed by atoms with Crippen LogP contribution < -0.4 is 5.32 Å². The Balaban J connectivity index is 1.39. The molecular weight excluding hydrogens is 404 g/mol. The number of carbonyl (C=O) groups is 1. The molecule has 9 nitrogen and oxygen atoms in total. The van der Waals surface area contributed by atoms with Crippen molar-refractivity contribution in [2.45, 2.75) is 39.9 Å². The molecule has 1 aliphatic heterocycles. The summed E-state index contributed by atoms with van der Waals surface area (Å²) in [6.07, 6.45) is 0.845. The van der Waals surface area contributed by atoms with Gasteiger partial charge in [-0.3, -0.25) is 24.5 Å². The van der Waals surface area contributed by atoms with E-state index in [-0.39, 0.29) is 18.1 Å². The molecule has 4 rings (SSSR count). The van der Waals surface area contributed by atoms with Crippen molar-refractivity contribution in [3.8, 4) is 0 Å². The molecule has 0 bridgehead atoms. The summed E-state index contributed by atoms with van der Waals surface area (Å²) in [7, 11) is 0. The van der Waals surface area contributed by atoms with E-state index in [2.05, 4.69) is 32.4 Å². The zero-order valence-corrected chi connectivity index (χ0v) is 17.6. The lowest BCUT2D eigenvalue weighted by atomic mass is 10.1. The number of fused-ring (bicyclic) bond motifs is 1. The van der Waals surface area contributed by atoms with Crippen molar-refractivity contribution in [1.29, 1.82) is 0 Å². The Kier molecular flexibility index (Phi) is 5.60. The molecule has 1 amide bonds. The number of amides is 1. The second-order valence-corrected chi connectivity index (χ2v) is 8.40. The number of hydrogen-bond acceptors (Lipinski definition) is 7. The van der Waals surface area contributed by atoms with E-state index >= 15 is 0 Å². The lowest BCUT2D eigenvalue weighted by Crippen LogP contribution is -2.29. The second-order valence-electron chi connectivity index (χ2n) is 7.32. The average Bonchev–Trinajstić information content (AvgIpc) is 3.21. The SMILES string of the molecule is Cc1nn(CC(=O)Nc2nc3c(s2)CN(Cc2ccccc2)CC3)c(C)c1[N+](=O)[O-]. The molecule has 0 atom stereocenters. The number of nitro groups is 1. The summed E-state index contributed by atoms with van der Waals surface area (Å²) < 4.78 is 1.36. The van der Waals surface area contributed by atoms with Crippen LogP contribution >= 0.6 is 11.3 Å². The maximum Gasteiger partial charge on any atom is 0.312 e. The minimum atomic E-state index is -0.470. The number of thiazole rings is 1. The molecule has 0 spiro atoms. The molecule has 0 fully saturated rings. The molecule has 30 heavy (non-hydrogen) atoms. The molecule has 1 aromatic carbocycles. The zero-order chi connectivity index (χ0) is 21.3. The smallest absolute Gasteiger partial charge is 0.300 e. The normalized spacial score (nSPS) is 13.8. The van der Waals surface area contributed by atoms with Gasteiger partial charge in [-0.25, -0.2) is 4.98 Å². The predicted molar refractivity (Wildman–Crippen MR) is 113 cm³/mol. The molecule has 0 saturated heterocycles. The number of anilines is 1. The van der Waals surface area contributed by atoms with Gasteiger partial charge in [-0.1, -0.05) is 30.3 Å². The molecule has 0 radical (unpaired) electrons. The molecule has 3 heterocycles. The third-order valence-electron chi connectivity index (χ3n) is 5.12. The number of carbonyl (C=O) groups excluding carboxylic acids is 1. The lowest BCUT2D eigenvalue weighted by molar-refractivity contribution is -0.386. The lowest BCUT2D eigenvalue weighted by Gasteiger charge is -2.25. The topological polar surface area (TPSA) is 106 Å². The Morgan fingerprint density at radius 2 is 2.07 bits per heavy atom. The highest BCUT2D eigenvalue weighted by Gasteiger charge is 2.24. The summed E-state index contributed by atoms with van der Waals surface area (Å²) in [6.45, 7) is 5.68. The fraction of sp³-hybridized carbons (Fsp3) is 0.350. The highest BCUT2D eigenvalue weighted by Crippen LogP contribution is 2.29. The quantitative estimate of drug-likeness (QED) is 0.480. The number of hydrogen-bond donors (Lipinski definition) is 1. The molecule has 10 heteroatoms. The third kappa shape index (κ3) is 4.24. The van der Waals surface area contributed by atoms with E-state index in [4.69, 9.17) is 0 Å². The summed E-state index contributed by atoms with van der Waals surface area (Å²) in [5.74, 6) is -0.303. The van der Waals surface area contributed by atoms with Gasteiger partial charge in [-0.05, 0) is 19.4 Å². The summed E-state index contributed by atoms with van der Waals surface area (Å²) in [5, 5.41) is 18.6. The van der Waals surface area contributed by atoms with Crippen LogP contribution in [0, 0.1) is 24.0 Å². The van der Waals surface area contributed by atoms with Crippen LogP contribution in [0.15, 0.2) is 30.3 Å². The van der Waals surface area contributed by atoms with E-state index in [1.807, 2.05) is 18.2 Å². The average molecular weight is 427 g/mol. The van der Waals surface area contributed by atoms with Gasteiger partial charge >= 0.3 is 5.69 Å². The first-order valence-electron chi connectivity index (χ1n) is 9.64. The monoisotopic (exact) mass is 426 g/mol. The number of nitrogens with zero attached hydrogens (tertiary/aromatic N) is 5. The van der Waals surface area contributed by atoms with Gasteiger partial charge in [0.2, 0.25) is 5.91 Å². The summed E-state index contributed by atoms with van der Waals surface area (Å²) >= 11 is 1.48. The van der Waals surface area contributed by atoms with Crippen LogP contribution in [0.5, 0.6) is 0 Å².